The van der Waals surface area contributed by atoms with Gasteiger partial charge in [0.15, 0.2) is 0 Å². The molecular weight excluding hydrogens is 234 g/mol. The van der Waals surface area contributed by atoms with Gasteiger partial charge in [-0.05, 0) is 25.2 Å². The van der Waals surface area contributed by atoms with Gasteiger partial charge in [-0.25, -0.2) is 0 Å². The first-order valence-electron chi connectivity index (χ1n) is 6.86. The van der Waals surface area contributed by atoms with Crippen molar-refractivity contribution in [1.82, 2.24) is 5.32 Å². The molecule has 1 atom stereocenters. The zero-order valence-corrected chi connectivity index (χ0v) is 12.1. The van der Waals surface area contributed by atoms with Crippen LogP contribution >= 0.6 is 11.6 Å². The molecule has 0 radical (unpaired) electrons. The first-order chi connectivity index (χ1) is 7.94. The number of alkyl halides is 1. The van der Waals surface area contributed by atoms with Crippen LogP contribution in [-0.2, 0) is 4.79 Å². The molecule has 0 aromatic rings. The molecule has 1 unspecified atom stereocenters. The molecular formula is C14H26ClNO. The standard InChI is InChI=1S/C14H26ClNO/c1-11(2)9-12(15)10-16-13(17)14(3)7-5-4-6-8-14/h11-12H,4-10H2,1-3H3,(H,16,17). The van der Waals surface area contributed by atoms with Gasteiger partial charge in [-0.1, -0.05) is 40.0 Å². The van der Waals surface area contributed by atoms with E-state index in [9.17, 15) is 4.79 Å². The van der Waals surface area contributed by atoms with Gasteiger partial charge in [-0.3, -0.25) is 4.79 Å². The third-order valence-electron chi connectivity index (χ3n) is 3.72. The van der Waals surface area contributed by atoms with Gasteiger partial charge in [0, 0.05) is 12.0 Å². The van der Waals surface area contributed by atoms with Crippen LogP contribution in [0.25, 0.3) is 0 Å². The zero-order valence-electron chi connectivity index (χ0n) is 11.4. The van der Waals surface area contributed by atoms with Crippen molar-refractivity contribution in [3.8, 4) is 0 Å². The van der Waals surface area contributed by atoms with Gasteiger partial charge in [0.25, 0.3) is 0 Å². The van der Waals surface area contributed by atoms with E-state index in [1.165, 1.54) is 19.3 Å². The van der Waals surface area contributed by atoms with Crippen LogP contribution in [0.5, 0.6) is 0 Å². The van der Waals surface area contributed by atoms with Crippen molar-refractivity contribution < 1.29 is 4.79 Å². The molecule has 1 rings (SSSR count). The molecule has 1 saturated carbocycles. The molecule has 0 spiro atoms. The maximum Gasteiger partial charge on any atom is 0.225 e. The summed E-state index contributed by atoms with van der Waals surface area (Å²) in [5, 5.41) is 3.09. The molecule has 1 aliphatic carbocycles. The molecule has 1 fully saturated rings. The largest absolute Gasteiger partial charge is 0.354 e. The number of nitrogens with one attached hydrogen (secondary N) is 1. The molecule has 0 aromatic heterocycles. The van der Waals surface area contributed by atoms with Gasteiger partial charge in [0.2, 0.25) is 5.91 Å². The van der Waals surface area contributed by atoms with E-state index in [4.69, 9.17) is 11.6 Å². The van der Waals surface area contributed by atoms with E-state index in [-0.39, 0.29) is 16.7 Å². The number of halogens is 1. The number of carbonyl (C=O) groups is 1. The summed E-state index contributed by atoms with van der Waals surface area (Å²) < 4.78 is 0. The second kappa shape index (κ2) is 6.63. The summed E-state index contributed by atoms with van der Waals surface area (Å²) in [7, 11) is 0. The molecule has 1 aliphatic rings. The lowest BCUT2D eigenvalue weighted by molar-refractivity contribution is -0.131. The molecule has 100 valence electrons. The topological polar surface area (TPSA) is 29.1 Å². The highest BCUT2D eigenvalue weighted by molar-refractivity contribution is 6.20. The van der Waals surface area contributed by atoms with E-state index >= 15 is 0 Å². The number of hydrogen-bond acceptors (Lipinski definition) is 1. The number of amides is 1. The summed E-state index contributed by atoms with van der Waals surface area (Å²) in [6.45, 7) is 7.00. The smallest absolute Gasteiger partial charge is 0.225 e. The minimum absolute atomic E-state index is 0.0612. The van der Waals surface area contributed by atoms with Crippen molar-refractivity contribution in [2.75, 3.05) is 6.54 Å². The Kier molecular flexibility index (Phi) is 5.78. The molecule has 0 heterocycles. The molecule has 0 aliphatic heterocycles. The Morgan fingerprint density at radius 1 is 1.29 bits per heavy atom. The Morgan fingerprint density at radius 3 is 2.41 bits per heavy atom. The molecule has 17 heavy (non-hydrogen) atoms. The van der Waals surface area contributed by atoms with Crippen LogP contribution in [0.4, 0.5) is 0 Å². The first kappa shape index (κ1) is 14.8. The van der Waals surface area contributed by atoms with Crippen molar-refractivity contribution in [3.63, 3.8) is 0 Å². The van der Waals surface area contributed by atoms with Gasteiger partial charge in [0.1, 0.15) is 0 Å². The quantitative estimate of drug-likeness (QED) is 0.749. The third kappa shape index (κ3) is 4.87. The fraction of sp³-hybridized carbons (Fsp3) is 0.929. The lowest BCUT2D eigenvalue weighted by Gasteiger charge is -2.32. The Bertz CT molecular complexity index is 247. The van der Waals surface area contributed by atoms with Crippen molar-refractivity contribution in [3.05, 3.63) is 0 Å². The minimum Gasteiger partial charge on any atom is -0.354 e. The summed E-state index contributed by atoms with van der Waals surface area (Å²) >= 11 is 6.19. The molecule has 0 bridgehead atoms. The Hall–Kier alpha value is -0.240. The molecule has 3 heteroatoms. The predicted molar refractivity (Wildman–Crippen MR) is 73.3 cm³/mol. The van der Waals surface area contributed by atoms with Crippen LogP contribution in [0.15, 0.2) is 0 Å². The van der Waals surface area contributed by atoms with E-state index < -0.39 is 0 Å². The predicted octanol–water partition coefficient (Wildman–Crippen LogP) is 3.73. The van der Waals surface area contributed by atoms with E-state index in [0.717, 1.165) is 19.3 Å². The molecule has 1 N–H and O–H groups in total. The van der Waals surface area contributed by atoms with Crippen LogP contribution in [0.3, 0.4) is 0 Å². The van der Waals surface area contributed by atoms with Crippen LogP contribution in [0.2, 0.25) is 0 Å². The van der Waals surface area contributed by atoms with E-state index in [2.05, 4.69) is 26.1 Å². The van der Waals surface area contributed by atoms with Gasteiger partial charge < -0.3 is 5.32 Å². The van der Waals surface area contributed by atoms with Crippen molar-refractivity contribution in [2.45, 2.75) is 64.7 Å². The van der Waals surface area contributed by atoms with E-state index in [1.807, 2.05) is 0 Å². The minimum atomic E-state index is -0.146. The Labute approximate surface area is 110 Å². The average molecular weight is 260 g/mol. The van der Waals surface area contributed by atoms with Gasteiger partial charge in [0.05, 0.1) is 5.38 Å². The molecule has 0 aromatic carbocycles. The highest BCUT2D eigenvalue weighted by Crippen LogP contribution is 2.35. The summed E-state index contributed by atoms with van der Waals surface area (Å²) in [5.41, 5.74) is -0.146. The summed E-state index contributed by atoms with van der Waals surface area (Å²) in [4.78, 5) is 12.1. The summed E-state index contributed by atoms with van der Waals surface area (Å²) in [5.74, 6) is 0.784. The van der Waals surface area contributed by atoms with Gasteiger partial charge in [-0.15, -0.1) is 11.6 Å². The normalized spacial score (nSPS) is 21.2. The van der Waals surface area contributed by atoms with Crippen LogP contribution in [0, 0.1) is 11.3 Å². The monoisotopic (exact) mass is 259 g/mol. The van der Waals surface area contributed by atoms with Crippen molar-refractivity contribution in [2.24, 2.45) is 11.3 Å². The zero-order chi connectivity index (χ0) is 12.9. The average Bonchev–Trinajstić information content (AvgIpc) is 2.26. The Balaban J connectivity index is 2.33. The second-order valence-corrected chi connectivity index (χ2v) is 6.68. The van der Waals surface area contributed by atoms with Crippen LogP contribution in [-0.4, -0.2) is 17.8 Å². The molecule has 0 saturated heterocycles. The van der Waals surface area contributed by atoms with Crippen molar-refractivity contribution >= 4 is 17.5 Å². The van der Waals surface area contributed by atoms with Gasteiger partial charge in [-0.2, -0.15) is 0 Å². The lowest BCUT2D eigenvalue weighted by Crippen LogP contribution is -2.42. The SMILES string of the molecule is CC(C)CC(Cl)CNC(=O)C1(C)CCCCC1. The number of hydrogen-bond donors (Lipinski definition) is 1. The van der Waals surface area contributed by atoms with E-state index in [1.54, 1.807) is 0 Å². The summed E-state index contributed by atoms with van der Waals surface area (Å²) in [6, 6.07) is 0. The third-order valence-corrected chi connectivity index (χ3v) is 4.05. The highest BCUT2D eigenvalue weighted by Gasteiger charge is 2.34. The molecule has 1 amide bonds. The maximum absolute atomic E-state index is 12.1. The number of rotatable bonds is 5. The van der Waals surface area contributed by atoms with Crippen LogP contribution < -0.4 is 5.32 Å². The number of carbonyl (C=O) groups excluding carboxylic acids is 1. The second-order valence-electron chi connectivity index (χ2n) is 6.06. The van der Waals surface area contributed by atoms with Crippen molar-refractivity contribution in [1.29, 1.82) is 0 Å². The summed E-state index contributed by atoms with van der Waals surface area (Å²) in [6.07, 6.45) is 6.64. The fourth-order valence-corrected chi connectivity index (χ4v) is 3.00. The lowest BCUT2D eigenvalue weighted by atomic mass is 9.75. The van der Waals surface area contributed by atoms with Crippen LogP contribution in [0.1, 0.15) is 59.3 Å². The van der Waals surface area contributed by atoms with Gasteiger partial charge >= 0.3 is 0 Å². The molecule has 2 nitrogen and oxygen atoms in total. The first-order valence-corrected chi connectivity index (χ1v) is 7.30. The maximum atomic E-state index is 12.1. The van der Waals surface area contributed by atoms with E-state index in [0.29, 0.717) is 12.5 Å². The Morgan fingerprint density at radius 2 is 1.88 bits per heavy atom. The fourth-order valence-electron chi connectivity index (χ4n) is 2.57. The highest BCUT2D eigenvalue weighted by atomic mass is 35.5.